The minimum Gasteiger partial charge on any atom is -0.342 e. The third-order valence-electron chi connectivity index (χ3n) is 4.96. The molecule has 0 amide bonds. The Hall–Kier alpha value is -1.91. The number of benzene rings is 1. The van der Waals surface area contributed by atoms with Crippen molar-refractivity contribution in [3.63, 3.8) is 0 Å². The SMILES string of the molecule is CC1(C)OC2OC(C(=O)n3nnc4ccccc43)C3OC(C)(C)OC3C2O1. The fourth-order valence-electron chi connectivity index (χ4n) is 3.96. The second-order valence-corrected chi connectivity index (χ2v) is 7.92. The van der Waals surface area contributed by atoms with Crippen molar-refractivity contribution in [1.29, 1.82) is 0 Å². The molecule has 144 valence electrons. The molecule has 0 N–H and O–H groups in total. The number of carbonyl (C=O) groups excluding carboxylic acids is 1. The molecule has 3 aliphatic heterocycles. The molecule has 0 spiro atoms. The molecule has 0 saturated carbocycles. The molecule has 1 aromatic heterocycles. The van der Waals surface area contributed by atoms with E-state index >= 15 is 0 Å². The molecule has 27 heavy (non-hydrogen) atoms. The maximum atomic E-state index is 13.3. The van der Waals surface area contributed by atoms with Crippen LogP contribution >= 0.6 is 0 Å². The first-order valence-electron chi connectivity index (χ1n) is 8.96. The molecule has 9 heteroatoms. The number of hydrogen-bond donors (Lipinski definition) is 0. The van der Waals surface area contributed by atoms with E-state index in [-0.39, 0.29) is 5.91 Å². The van der Waals surface area contributed by atoms with Crippen LogP contribution in [0, 0.1) is 0 Å². The Kier molecular flexibility index (Phi) is 3.54. The van der Waals surface area contributed by atoms with Gasteiger partial charge in [-0.2, -0.15) is 4.68 Å². The van der Waals surface area contributed by atoms with Crippen molar-refractivity contribution < 1.29 is 28.5 Å². The Labute approximate surface area is 155 Å². The first-order chi connectivity index (χ1) is 12.7. The Morgan fingerprint density at radius 2 is 1.63 bits per heavy atom. The van der Waals surface area contributed by atoms with E-state index in [0.717, 1.165) is 0 Å². The number of nitrogens with zero attached hydrogens (tertiary/aromatic N) is 3. The van der Waals surface area contributed by atoms with E-state index in [1.165, 1.54) is 4.68 Å². The van der Waals surface area contributed by atoms with Crippen molar-refractivity contribution in [1.82, 2.24) is 15.0 Å². The van der Waals surface area contributed by atoms with Crippen molar-refractivity contribution in [2.75, 3.05) is 0 Å². The van der Waals surface area contributed by atoms with Crippen molar-refractivity contribution in [2.45, 2.75) is 70.0 Å². The molecule has 1 aromatic carbocycles. The maximum Gasteiger partial charge on any atom is 0.280 e. The van der Waals surface area contributed by atoms with Gasteiger partial charge in [0.15, 0.2) is 24.0 Å². The first-order valence-corrected chi connectivity index (χ1v) is 8.96. The summed E-state index contributed by atoms with van der Waals surface area (Å²) in [5, 5.41) is 8.05. The zero-order valence-corrected chi connectivity index (χ0v) is 15.5. The van der Waals surface area contributed by atoms with Gasteiger partial charge < -0.3 is 23.7 Å². The predicted octanol–water partition coefficient (Wildman–Crippen LogP) is 1.47. The van der Waals surface area contributed by atoms with Crippen molar-refractivity contribution >= 4 is 16.9 Å². The largest absolute Gasteiger partial charge is 0.342 e. The fraction of sp³-hybridized carbons (Fsp3) is 0.611. The number of rotatable bonds is 1. The second-order valence-electron chi connectivity index (χ2n) is 7.92. The number of aromatic nitrogens is 3. The highest BCUT2D eigenvalue weighted by molar-refractivity contribution is 5.91. The lowest BCUT2D eigenvalue weighted by molar-refractivity contribution is -0.222. The summed E-state index contributed by atoms with van der Waals surface area (Å²) in [6.07, 6.45) is -3.31. The fourth-order valence-corrected chi connectivity index (χ4v) is 3.96. The molecule has 0 aliphatic carbocycles. The molecule has 9 nitrogen and oxygen atoms in total. The van der Waals surface area contributed by atoms with Crippen LogP contribution in [0.1, 0.15) is 32.5 Å². The average molecular weight is 375 g/mol. The summed E-state index contributed by atoms with van der Waals surface area (Å²) in [4.78, 5) is 13.3. The minimum absolute atomic E-state index is 0.383. The van der Waals surface area contributed by atoms with Gasteiger partial charge in [-0.1, -0.05) is 17.3 Å². The Balaban J connectivity index is 1.52. The summed E-state index contributed by atoms with van der Waals surface area (Å²) < 4.78 is 31.1. The molecule has 5 unspecified atom stereocenters. The van der Waals surface area contributed by atoms with Gasteiger partial charge >= 0.3 is 0 Å². The van der Waals surface area contributed by atoms with Crippen molar-refractivity contribution in [3.05, 3.63) is 24.3 Å². The van der Waals surface area contributed by atoms with Crippen LogP contribution in [0.3, 0.4) is 0 Å². The van der Waals surface area contributed by atoms with Crippen LogP contribution in [0.2, 0.25) is 0 Å². The van der Waals surface area contributed by atoms with E-state index in [9.17, 15) is 4.79 Å². The van der Waals surface area contributed by atoms with E-state index < -0.39 is 42.3 Å². The van der Waals surface area contributed by atoms with Crippen molar-refractivity contribution in [2.24, 2.45) is 0 Å². The lowest BCUT2D eigenvalue weighted by atomic mass is 9.98. The summed E-state index contributed by atoms with van der Waals surface area (Å²) in [6, 6.07) is 7.24. The third kappa shape index (κ3) is 2.69. The quantitative estimate of drug-likeness (QED) is 0.740. The van der Waals surface area contributed by atoms with Gasteiger partial charge in [0.05, 0.1) is 5.52 Å². The topological polar surface area (TPSA) is 93.9 Å². The number of para-hydroxylation sites is 1. The third-order valence-corrected chi connectivity index (χ3v) is 4.96. The molecule has 4 heterocycles. The van der Waals surface area contributed by atoms with Crippen molar-refractivity contribution in [3.8, 4) is 0 Å². The van der Waals surface area contributed by atoms with Crippen LogP contribution in [0.4, 0.5) is 0 Å². The molecular weight excluding hydrogens is 354 g/mol. The molecule has 5 atom stereocenters. The number of hydrogen-bond acceptors (Lipinski definition) is 8. The molecule has 3 fully saturated rings. The molecule has 3 aliphatic rings. The molecule has 2 aromatic rings. The lowest BCUT2D eigenvalue weighted by Crippen LogP contribution is -2.58. The Morgan fingerprint density at radius 1 is 0.963 bits per heavy atom. The molecule has 3 saturated heterocycles. The van der Waals surface area contributed by atoms with Gasteiger partial charge in [0.25, 0.3) is 5.91 Å². The Morgan fingerprint density at radius 3 is 2.44 bits per heavy atom. The molecule has 0 bridgehead atoms. The Bertz CT molecular complexity index is 909. The van der Waals surface area contributed by atoms with Gasteiger partial charge in [-0.25, -0.2) is 0 Å². The van der Waals surface area contributed by atoms with Crippen LogP contribution in [-0.4, -0.2) is 63.2 Å². The lowest BCUT2D eigenvalue weighted by Gasteiger charge is -2.36. The number of fused-ring (bicyclic) bond motifs is 4. The molecular formula is C18H21N3O6. The predicted molar refractivity (Wildman–Crippen MR) is 90.7 cm³/mol. The second kappa shape index (κ2) is 5.55. The number of ether oxygens (including phenoxy) is 5. The van der Waals surface area contributed by atoms with Gasteiger partial charge in [0.1, 0.15) is 23.8 Å². The van der Waals surface area contributed by atoms with E-state index in [1.54, 1.807) is 39.8 Å². The summed E-state index contributed by atoms with van der Waals surface area (Å²) in [5.41, 5.74) is 1.23. The van der Waals surface area contributed by atoms with Crippen LogP contribution < -0.4 is 0 Å². The molecule has 5 rings (SSSR count). The first kappa shape index (κ1) is 17.2. The van der Waals surface area contributed by atoms with Gasteiger partial charge in [0, 0.05) is 0 Å². The van der Waals surface area contributed by atoms with Gasteiger partial charge in [0.2, 0.25) is 0 Å². The van der Waals surface area contributed by atoms with Crippen LogP contribution in [0.15, 0.2) is 24.3 Å². The van der Waals surface area contributed by atoms with Crippen LogP contribution in [0.25, 0.3) is 11.0 Å². The molecule has 0 radical (unpaired) electrons. The summed E-state index contributed by atoms with van der Waals surface area (Å²) in [7, 11) is 0. The van der Waals surface area contributed by atoms with E-state index in [4.69, 9.17) is 23.7 Å². The summed E-state index contributed by atoms with van der Waals surface area (Å²) in [6.45, 7) is 7.19. The zero-order valence-electron chi connectivity index (χ0n) is 15.5. The minimum atomic E-state index is -0.958. The number of carbonyl (C=O) groups is 1. The maximum absolute atomic E-state index is 13.3. The zero-order chi connectivity index (χ0) is 19.0. The van der Waals surface area contributed by atoms with E-state index in [1.807, 2.05) is 12.1 Å². The van der Waals surface area contributed by atoms with E-state index in [0.29, 0.717) is 11.0 Å². The summed E-state index contributed by atoms with van der Waals surface area (Å²) in [5.74, 6) is -2.09. The van der Waals surface area contributed by atoms with Gasteiger partial charge in [-0.15, -0.1) is 5.10 Å². The highest BCUT2D eigenvalue weighted by Crippen LogP contribution is 2.44. The summed E-state index contributed by atoms with van der Waals surface area (Å²) >= 11 is 0. The van der Waals surface area contributed by atoms with Crippen LogP contribution in [-0.2, 0) is 23.7 Å². The van der Waals surface area contributed by atoms with Gasteiger partial charge in [-0.05, 0) is 39.8 Å². The van der Waals surface area contributed by atoms with Crippen LogP contribution in [0.5, 0.6) is 0 Å². The highest BCUT2D eigenvalue weighted by Gasteiger charge is 2.62. The monoisotopic (exact) mass is 375 g/mol. The standard InChI is InChI=1S/C18H21N3O6/c1-17(2)24-11-12(25-17)14-16(27-18(3,4)26-14)23-13(11)15(22)21-10-8-6-5-7-9(10)19-20-21/h5-8,11-14,16H,1-4H3. The van der Waals surface area contributed by atoms with E-state index in [2.05, 4.69) is 10.3 Å². The highest BCUT2D eigenvalue weighted by atomic mass is 16.9. The average Bonchev–Trinajstić information content (AvgIpc) is 3.24. The van der Waals surface area contributed by atoms with Gasteiger partial charge in [-0.3, -0.25) is 4.79 Å². The smallest absolute Gasteiger partial charge is 0.280 e. The normalized spacial score (nSPS) is 36.5.